The number of benzene rings is 2. The van der Waals surface area contributed by atoms with E-state index < -0.39 is 21.5 Å². The number of carbonyl (C=O) groups is 2. The van der Waals surface area contributed by atoms with Crippen molar-refractivity contribution in [2.75, 3.05) is 33.8 Å². The minimum atomic E-state index is -3.99. The number of fused-ring (bicyclic) bond motifs is 7. The number of hydrogen-bond donors (Lipinski definition) is 3. The molecule has 3 aliphatic rings. The van der Waals surface area contributed by atoms with Crippen LogP contribution in [0.5, 0.6) is 5.75 Å². The highest BCUT2D eigenvalue weighted by Crippen LogP contribution is 2.65. The predicted molar refractivity (Wildman–Crippen MR) is 190 cm³/mol. The molecule has 3 unspecified atom stereocenters. The van der Waals surface area contributed by atoms with Gasteiger partial charge in [0, 0.05) is 60.2 Å². The highest BCUT2D eigenvalue weighted by molar-refractivity contribution is 7.87. The van der Waals surface area contributed by atoms with Gasteiger partial charge in [0.2, 0.25) is 5.91 Å². The molecular formula is C37H51N5O5S. The molecule has 2 saturated carbocycles. The summed E-state index contributed by atoms with van der Waals surface area (Å²) in [5.74, 6) is 0.538. The van der Waals surface area contributed by atoms with Gasteiger partial charge in [0.1, 0.15) is 5.75 Å². The summed E-state index contributed by atoms with van der Waals surface area (Å²) in [5.41, 5.74) is 5.10. The molecule has 11 heteroatoms. The third-order valence-electron chi connectivity index (χ3n) is 10.9. The van der Waals surface area contributed by atoms with Crippen molar-refractivity contribution in [3.63, 3.8) is 0 Å². The first-order valence-corrected chi connectivity index (χ1v) is 19.2. The van der Waals surface area contributed by atoms with E-state index in [2.05, 4.69) is 39.0 Å². The molecule has 2 fully saturated rings. The maximum Gasteiger partial charge on any atom is 0.304 e. The van der Waals surface area contributed by atoms with Crippen molar-refractivity contribution in [1.29, 1.82) is 0 Å². The molecule has 0 saturated heterocycles. The number of ether oxygens (including phenoxy) is 1. The van der Waals surface area contributed by atoms with Gasteiger partial charge in [-0.3, -0.25) is 9.59 Å². The fourth-order valence-electron chi connectivity index (χ4n) is 8.39. The number of amides is 2. The monoisotopic (exact) mass is 677 g/mol. The zero-order valence-corrected chi connectivity index (χ0v) is 29.8. The standard InChI is InChI=1S/C37H51N5O5S/c1-6-12-26(22-38-4)39-36(44)37-21-31(37)30-20-27(47-5)16-18-28(30)34-33(24-13-10-9-11-14-24)29-17-15-25(19-32(29)42(34)23-37)35(43)40-48(45,46)41(7-2)8-3/h15-20,24,26,31,38H,6-14,21-23H2,1-5H3,(H,39,44)(H,40,43). The number of methoxy groups -OCH3 is 1. The van der Waals surface area contributed by atoms with Gasteiger partial charge in [-0.25, -0.2) is 4.72 Å². The van der Waals surface area contributed by atoms with Gasteiger partial charge in [0.15, 0.2) is 0 Å². The summed E-state index contributed by atoms with van der Waals surface area (Å²) in [4.78, 5) is 28.0. The lowest BCUT2D eigenvalue weighted by molar-refractivity contribution is -0.127. The summed E-state index contributed by atoms with van der Waals surface area (Å²) in [6.45, 7) is 7.32. The van der Waals surface area contributed by atoms with Crippen LogP contribution in [0.25, 0.3) is 22.2 Å². The van der Waals surface area contributed by atoms with E-state index in [1.807, 2.05) is 25.2 Å². The highest BCUT2D eigenvalue weighted by Gasteiger charge is 2.63. The fraction of sp³-hybridized carbons (Fsp3) is 0.568. The van der Waals surface area contributed by atoms with E-state index in [0.29, 0.717) is 19.0 Å². The topological polar surface area (TPSA) is 122 Å². The van der Waals surface area contributed by atoms with E-state index in [4.69, 9.17) is 4.74 Å². The molecule has 2 heterocycles. The second kappa shape index (κ2) is 13.8. The van der Waals surface area contributed by atoms with Crippen LogP contribution in [0, 0.1) is 5.41 Å². The molecule has 260 valence electrons. The first-order chi connectivity index (χ1) is 23.1. The number of rotatable bonds is 13. The Morgan fingerprint density at radius 3 is 2.48 bits per heavy atom. The van der Waals surface area contributed by atoms with Crippen LogP contribution in [0.2, 0.25) is 0 Å². The van der Waals surface area contributed by atoms with E-state index in [0.717, 1.165) is 78.4 Å². The van der Waals surface area contributed by atoms with Gasteiger partial charge in [-0.15, -0.1) is 0 Å². The number of carbonyl (C=O) groups excluding carboxylic acids is 2. The first kappa shape index (κ1) is 34.5. The lowest BCUT2D eigenvalue weighted by Gasteiger charge is -2.24. The number of aromatic nitrogens is 1. The molecule has 10 nitrogen and oxygen atoms in total. The van der Waals surface area contributed by atoms with Crippen molar-refractivity contribution in [2.45, 2.75) is 96.6 Å². The summed E-state index contributed by atoms with van der Waals surface area (Å²) in [5, 5.41) is 7.70. The maximum atomic E-state index is 14.4. The fourth-order valence-corrected chi connectivity index (χ4v) is 9.56. The Balaban J connectivity index is 1.53. The van der Waals surface area contributed by atoms with Crippen molar-refractivity contribution in [2.24, 2.45) is 5.41 Å². The number of nitrogens with zero attached hydrogens (tertiary/aromatic N) is 2. The van der Waals surface area contributed by atoms with Crippen molar-refractivity contribution in [3.05, 3.63) is 53.1 Å². The minimum absolute atomic E-state index is 0.0258. The highest BCUT2D eigenvalue weighted by atomic mass is 32.2. The van der Waals surface area contributed by atoms with Crippen LogP contribution >= 0.6 is 0 Å². The van der Waals surface area contributed by atoms with Crippen molar-refractivity contribution in [1.82, 2.24) is 24.2 Å². The molecule has 6 rings (SSSR count). The van der Waals surface area contributed by atoms with E-state index in [-0.39, 0.29) is 36.5 Å². The van der Waals surface area contributed by atoms with Crippen LogP contribution in [-0.4, -0.2) is 68.9 Å². The van der Waals surface area contributed by atoms with E-state index in [9.17, 15) is 18.0 Å². The van der Waals surface area contributed by atoms with Crippen LogP contribution in [0.15, 0.2) is 36.4 Å². The Morgan fingerprint density at radius 1 is 1.06 bits per heavy atom. The van der Waals surface area contributed by atoms with Gasteiger partial charge in [0.05, 0.1) is 18.2 Å². The molecule has 48 heavy (non-hydrogen) atoms. The Bertz CT molecular complexity index is 1790. The van der Waals surface area contributed by atoms with Gasteiger partial charge in [0.25, 0.3) is 5.91 Å². The number of likely N-dealkylation sites (N-methyl/N-ethyl adjacent to an activating group) is 1. The smallest absolute Gasteiger partial charge is 0.304 e. The van der Waals surface area contributed by atoms with Crippen LogP contribution in [-0.2, 0) is 21.5 Å². The third kappa shape index (κ3) is 6.13. The Kier molecular flexibility index (Phi) is 9.93. The molecule has 1 aromatic heterocycles. The largest absolute Gasteiger partial charge is 0.497 e. The molecule has 3 N–H and O–H groups in total. The molecule has 3 aromatic rings. The van der Waals surface area contributed by atoms with E-state index in [1.54, 1.807) is 27.0 Å². The van der Waals surface area contributed by atoms with Crippen LogP contribution in [0.1, 0.15) is 105 Å². The average molecular weight is 678 g/mol. The van der Waals surface area contributed by atoms with Gasteiger partial charge in [-0.2, -0.15) is 12.7 Å². The predicted octanol–water partition coefficient (Wildman–Crippen LogP) is 5.67. The quantitative estimate of drug-likeness (QED) is 0.214. The lowest BCUT2D eigenvalue weighted by atomic mass is 9.81. The molecule has 2 aliphatic carbocycles. The van der Waals surface area contributed by atoms with Crippen LogP contribution in [0.4, 0.5) is 0 Å². The molecular weight excluding hydrogens is 627 g/mol. The summed E-state index contributed by atoms with van der Waals surface area (Å²) >= 11 is 0. The van der Waals surface area contributed by atoms with Gasteiger partial charge in [-0.05, 0) is 80.1 Å². The van der Waals surface area contributed by atoms with Crippen molar-refractivity contribution in [3.8, 4) is 17.0 Å². The van der Waals surface area contributed by atoms with E-state index in [1.165, 1.54) is 16.3 Å². The third-order valence-corrected chi connectivity index (χ3v) is 12.6. The summed E-state index contributed by atoms with van der Waals surface area (Å²) in [7, 11) is -0.406. The SMILES string of the molecule is CCCC(CNC)NC(=O)C12CC1c1cc(OC)ccc1-c1c(C3CCCCC3)c3ccc(C(=O)NS(=O)(=O)N(CC)CC)cc3n1C2. The van der Waals surface area contributed by atoms with Crippen LogP contribution < -0.4 is 20.1 Å². The minimum Gasteiger partial charge on any atom is -0.497 e. The summed E-state index contributed by atoms with van der Waals surface area (Å²) in [6, 6.07) is 11.8. The molecule has 0 radical (unpaired) electrons. The zero-order chi connectivity index (χ0) is 34.2. The second-order valence-electron chi connectivity index (χ2n) is 13.8. The number of nitrogens with one attached hydrogen (secondary N) is 3. The van der Waals surface area contributed by atoms with Crippen LogP contribution in [0.3, 0.4) is 0 Å². The van der Waals surface area contributed by atoms with Crippen molar-refractivity contribution >= 4 is 32.9 Å². The molecule has 3 atom stereocenters. The van der Waals surface area contributed by atoms with Gasteiger partial charge in [-0.1, -0.05) is 52.5 Å². The number of hydrogen-bond acceptors (Lipinski definition) is 6. The van der Waals surface area contributed by atoms with Gasteiger partial charge >= 0.3 is 10.2 Å². The normalized spacial score (nSPS) is 21.2. The Morgan fingerprint density at radius 2 is 1.81 bits per heavy atom. The average Bonchev–Trinajstić information content (AvgIpc) is 3.75. The molecule has 0 bridgehead atoms. The van der Waals surface area contributed by atoms with E-state index >= 15 is 0 Å². The van der Waals surface area contributed by atoms with Gasteiger partial charge < -0.3 is 19.9 Å². The Hall–Kier alpha value is -3.41. The maximum absolute atomic E-state index is 14.4. The second-order valence-corrected chi connectivity index (χ2v) is 15.5. The first-order valence-electron chi connectivity index (χ1n) is 17.7. The summed E-state index contributed by atoms with van der Waals surface area (Å²) < 4.78 is 37.5. The molecule has 1 aliphatic heterocycles. The molecule has 2 amide bonds. The molecule has 0 spiro atoms. The Labute approximate surface area is 285 Å². The zero-order valence-electron chi connectivity index (χ0n) is 29.0. The lowest BCUT2D eigenvalue weighted by Crippen LogP contribution is -2.45. The van der Waals surface area contributed by atoms with Crippen molar-refractivity contribution < 1.29 is 22.7 Å². The summed E-state index contributed by atoms with van der Waals surface area (Å²) in [6.07, 6.45) is 8.28. The molecule has 2 aromatic carbocycles.